The third kappa shape index (κ3) is 5.39. The van der Waals surface area contributed by atoms with Gasteiger partial charge in [-0.3, -0.25) is 9.59 Å². The lowest BCUT2D eigenvalue weighted by atomic mass is 9.97. The van der Waals surface area contributed by atoms with E-state index < -0.39 is 11.8 Å². The molecule has 0 saturated carbocycles. The molecule has 1 aliphatic carbocycles. The van der Waals surface area contributed by atoms with Crippen LogP contribution in [0.25, 0.3) is 0 Å². The first-order valence-electron chi connectivity index (χ1n) is 7.97. The van der Waals surface area contributed by atoms with Gasteiger partial charge in [-0.05, 0) is 44.2 Å². The van der Waals surface area contributed by atoms with Crippen molar-refractivity contribution in [2.24, 2.45) is 0 Å². The van der Waals surface area contributed by atoms with E-state index >= 15 is 0 Å². The number of carbonyl (C=O) groups is 2. The summed E-state index contributed by atoms with van der Waals surface area (Å²) in [5, 5.41) is 5.21. The van der Waals surface area contributed by atoms with Gasteiger partial charge in [0.2, 0.25) is 0 Å². The van der Waals surface area contributed by atoms with Crippen LogP contribution in [-0.2, 0) is 9.59 Å². The van der Waals surface area contributed by atoms with Gasteiger partial charge in [0.15, 0.2) is 0 Å². The van der Waals surface area contributed by atoms with Crippen LogP contribution in [0.1, 0.15) is 32.1 Å². The molecule has 2 rings (SSSR count). The molecule has 1 heterocycles. The Hall–Kier alpha value is -2.37. The summed E-state index contributed by atoms with van der Waals surface area (Å²) < 4.78 is 0. The number of hydrogen-bond acceptors (Lipinski definition) is 4. The van der Waals surface area contributed by atoms with Crippen LogP contribution in [0, 0.1) is 0 Å². The Kier molecular flexibility index (Phi) is 6.14. The summed E-state index contributed by atoms with van der Waals surface area (Å²) in [5.41, 5.74) is 1.88. The van der Waals surface area contributed by atoms with Crippen LogP contribution in [0.3, 0.4) is 0 Å². The molecule has 1 aliphatic rings. The molecule has 6 nitrogen and oxygen atoms in total. The Morgan fingerprint density at radius 1 is 1.22 bits per heavy atom. The highest BCUT2D eigenvalue weighted by Gasteiger charge is 2.14. The Morgan fingerprint density at radius 2 is 2.04 bits per heavy atom. The van der Waals surface area contributed by atoms with Gasteiger partial charge in [-0.15, -0.1) is 0 Å². The molecule has 0 spiro atoms. The zero-order valence-corrected chi connectivity index (χ0v) is 13.8. The average molecular weight is 316 g/mol. The highest BCUT2D eigenvalue weighted by Crippen LogP contribution is 2.19. The Labute approximate surface area is 137 Å². The van der Waals surface area contributed by atoms with Crippen molar-refractivity contribution in [1.29, 1.82) is 0 Å². The fraction of sp³-hybridized carbons (Fsp3) is 0.471. The summed E-state index contributed by atoms with van der Waals surface area (Å²) in [7, 11) is 3.77. The molecule has 1 aromatic heterocycles. The van der Waals surface area contributed by atoms with E-state index in [9.17, 15) is 9.59 Å². The molecular weight excluding hydrogens is 292 g/mol. The van der Waals surface area contributed by atoms with Gasteiger partial charge in [0, 0.05) is 20.6 Å². The summed E-state index contributed by atoms with van der Waals surface area (Å²) in [6, 6.07) is 3.50. The fourth-order valence-electron chi connectivity index (χ4n) is 2.46. The Morgan fingerprint density at radius 3 is 2.65 bits per heavy atom. The molecule has 2 N–H and O–H groups in total. The first-order chi connectivity index (χ1) is 11.1. The summed E-state index contributed by atoms with van der Waals surface area (Å²) in [6.45, 7) is 0.496. The number of nitrogens with one attached hydrogen (secondary N) is 2. The highest BCUT2D eigenvalue weighted by molar-refractivity contribution is 6.39. The van der Waals surface area contributed by atoms with E-state index in [2.05, 4.69) is 21.7 Å². The lowest BCUT2D eigenvalue weighted by molar-refractivity contribution is -0.136. The molecule has 0 bridgehead atoms. The minimum absolute atomic E-state index is 0.496. The second kappa shape index (κ2) is 8.31. The number of amides is 2. The maximum atomic E-state index is 11.8. The molecule has 1 aromatic rings. The van der Waals surface area contributed by atoms with Crippen molar-refractivity contribution >= 4 is 23.3 Å². The SMILES string of the molecule is CN(C)c1ccc(NC(=O)C(=O)NCCC2=CCCCC2)cn1. The fourth-order valence-corrected chi connectivity index (χ4v) is 2.46. The van der Waals surface area contributed by atoms with E-state index in [0.717, 1.165) is 25.1 Å². The van der Waals surface area contributed by atoms with Gasteiger partial charge >= 0.3 is 11.8 Å². The smallest absolute Gasteiger partial charge is 0.313 e. The van der Waals surface area contributed by atoms with Gasteiger partial charge in [-0.2, -0.15) is 0 Å². The van der Waals surface area contributed by atoms with Gasteiger partial charge < -0.3 is 15.5 Å². The maximum absolute atomic E-state index is 11.8. The van der Waals surface area contributed by atoms with Crippen LogP contribution in [0.5, 0.6) is 0 Å². The number of nitrogens with zero attached hydrogens (tertiary/aromatic N) is 2. The van der Waals surface area contributed by atoms with E-state index in [4.69, 9.17) is 0 Å². The zero-order chi connectivity index (χ0) is 16.7. The predicted octanol–water partition coefficient (Wildman–Crippen LogP) is 2.09. The normalized spacial score (nSPS) is 13.9. The molecule has 0 fully saturated rings. The number of rotatable bonds is 5. The quantitative estimate of drug-likeness (QED) is 0.644. The number of anilines is 2. The summed E-state index contributed by atoms with van der Waals surface area (Å²) in [6.07, 6.45) is 9.29. The van der Waals surface area contributed by atoms with Crippen LogP contribution >= 0.6 is 0 Å². The minimum atomic E-state index is -0.665. The molecule has 0 saturated heterocycles. The van der Waals surface area contributed by atoms with Crippen molar-refractivity contribution in [3.63, 3.8) is 0 Å². The van der Waals surface area contributed by atoms with E-state index in [1.807, 2.05) is 19.0 Å². The number of aromatic nitrogens is 1. The third-order valence-electron chi connectivity index (χ3n) is 3.79. The highest BCUT2D eigenvalue weighted by atomic mass is 16.2. The number of hydrogen-bond donors (Lipinski definition) is 2. The van der Waals surface area contributed by atoms with Crippen LogP contribution in [0.15, 0.2) is 30.0 Å². The molecule has 23 heavy (non-hydrogen) atoms. The Balaban J connectivity index is 1.76. The van der Waals surface area contributed by atoms with Crippen molar-refractivity contribution in [3.05, 3.63) is 30.0 Å². The molecule has 0 atom stereocenters. The monoisotopic (exact) mass is 316 g/mol. The van der Waals surface area contributed by atoms with Crippen molar-refractivity contribution in [1.82, 2.24) is 10.3 Å². The zero-order valence-electron chi connectivity index (χ0n) is 13.8. The average Bonchev–Trinajstić information content (AvgIpc) is 2.56. The first kappa shape index (κ1) is 17.0. The number of carbonyl (C=O) groups excluding carboxylic acids is 2. The lowest BCUT2D eigenvalue weighted by Crippen LogP contribution is -2.36. The largest absolute Gasteiger partial charge is 0.363 e. The van der Waals surface area contributed by atoms with E-state index in [-0.39, 0.29) is 0 Å². The number of pyridine rings is 1. The second-order valence-electron chi connectivity index (χ2n) is 5.87. The summed E-state index contributed by atoms with van der Waals surface area (Å²) in [4.78, 5) is 29.7. The van der Waals surface area contributed by atoms with Crippen molar-refractivity contribution < 1.29 is 9.59 Å². The number of allylic oxidation sites excluding steroid dienone is 1. The first-order valence-corrected chi connectivity index (χ1v) is 7.97. The van der Waals surface area contributed by atoms with Gasteiger partial charge in [0.1, 0.15) is 5.82 Å². The molecule has 0 unspecified atom stereocenters. The van der Waals surface area contributed by atoms with Gasteiger partial charge in [-0.25, -0.2) is 4.98 Å². The molecule has 124 valence electrons. The summed E-state index contributed by atoms with van der Waals surface area (Å²) >= 11 is 0. The molecule has 0 radical (unpaired) electrons. The third-order valence-corrected chi connectivity index (χ3v) is 3.79. The molecule has 0 aromatic carbocycles. The maximum Gasteiger partial charge on any atom is 0.313 e. The van der Waals surface area contributed by atoms with Crippen molar-refractivity contribution in [3.8, 4) is 0 Å². The molecule has 6 heteroatoms. The van der Waals surface area contributed by atoms with E-state index in [1.54, 1.807) is 12.1 Å². The summed E-state index contributed by atoms with van der Waals surface area (Å²) in [5.74, 6) is -0.492. The van der Waals surface area contributed by atoms with Crippen molar-refractivity contribution in [2.45, 2.75) is 32.1 Å². The van der Waals surface area contributed by atoms with E-state index in [1.165, 1.54) is 24.6 Å². The van der Waals surface area contributed by atoms with Crippen LogP contribution in [0.2, 0.25) is 0 Å². The van der Waals surface area contributed by atoms with Crippen molar-refractivity contribution in [2.75, 3.05) is 30.9 Å². The van der Waals surface area contributed by atoms with Crippen LogP contribution in [0.4, 0.5) is 11.5 Å². The minimum Gasteiger partial charge on any atom is -0.363 e. The molecular formula is C17H24N4O2. The van der Waals surface area contributed by atoms with Crippen LogP contribution in [-0.4, -0.2) is 37.4 Å². The van der Waals surface area contributed by atoms with Crippen LogP contribution < -0.4 is 15.5 Å². The van der Waals surface area contributed by atoms with E-state index in [0.29, 0.717) is 12.2 Å². The lowest BCUT2D eigenvalue weighted by Gasteiger charge is -2.13. The Bertz CT molecular complexity index is 579. The predicted molar refractivity (Wildman–Crippen MR) is 91.4 cm³/mol. The second-order valence-corrected chi connectivity index (χ2v) is 5.87. The van der Waals surface area contributed by atoms with Gasteiger partial charge in [0.05, 0.1) is 11.9 Å². The van der Waals surface area contributed by atoms with Gasteiger partial charge in [0.25, 0.3) is 0 Å². The molecule has 0 aliphatic heterocycles. The topological polar surface area (TPSA) is 74.3 Å². The molecule has 2 amide bonds. The standard InChI is InChI=1S/C17H24N4O2/c1-21(2)15-9-8-14(12-19-15)20-17(23)16(22)18-11-10-13-6-4-3-5-7-13/h6,8-9,12H,3-5,7,10-11H2,1-2H3,(H,18,22)(H,20,23). The van der Waals surface area contributed by atoms with Gasteiger partial charge in [-0.1, -0.05) is 11.6 Å².